The Balaban J connectivity index is 2.61. The van der Waals surface area contributed by atoms with Gasteiger partial charge in [-0.3, -0.25) is 4.79 Å². The summed E-state index contributed by atoms with van der Waals surface area (Å²) in [5.74, 6) is -0.676. The number of nitrogens with zero attached hydrogens (tertiary/aromatic N) is 1. The summed E-state index contributed by atoms with van der Waals surface area (Å²) < 4.78 is 17.9. The first-order valence-corrected chi connectivity index (χ1v) is 5.92. The summed E-state index contributed by atoms with van der Waals surface area (Å²) in [7, 11) is 1.48. The van der Waals surface area contributed by atoms with E-state index in [0.717, 1.165) is 0 Å². The third-order valence-electron chi connectivity index (χ3n) is 2.25. The molecule has 0 aliphatic carbocycles. The molecule has 19 heavy (non-hydrogen) atoms. The third kappa shape index (κ3) is 5.07. The SMILES string of the molecule is CN(CC(=O)c1ccc(F)cc1)C(=O)OC(C)(C)C. The Kier molecular flexibility index (Phi) is 4.64. The second-order valence-corrected chi connectivity index (χ2v) is 5.27. The van der Waals surface area contributed by atoms with Crippen molar-refractivity contribution in [1.29, 1.82) is 0 Å². The molecule has 0 atom stereocenters. The van der Waals surface area contributed by atoms with Gasteiger partial charge in [0.1, 0.15) is 11.4 Å². The van der Waals surface area contributed by atoms with Gasteiger partial charge in [0, 0.05) is 12.6 Å². The van der Waals surface area contributed by atoms with Crippen LogP contribution in [0.2, 0.25) is 0 Å². The van der Waals surface area contributed by atoms with Gasteiger partial charge in [-0.05, 0) is 45.0 Å². The van der Waals surface area contributed by atoms with E-state index >= 15 is 0 Å². The largest absolute Gasteiger partial charge is 0.444 e. The topological polar surface area (TPSA) is 46.6 Å². The van der Waals surface area contributed by atoms with Crippen LogP contribution in [0.3, 0.4) is 0 Å². The maximum absolute atomic E-state index is 12.7. The highest BCUT2D eigenvalue weighted by atomic mass is 19.1. The third-order valence-corrected chi connectivity index (χ3v) is 2.25. The van der Waals surface area contributed by atoms with Gasteiger partial charge >= 0.3 is 6.09 Å². The van der Waals surface area contributed by atoms with Gasteiger partial charge in [0.05, 0.1) is 6.54 Å². The zero-order valence-corrected chi connectivity index (χ0v) is 11.6. The highest BCUT2D eigenvalue weighted by Crippen LogP contribution is 2.10. The minimum atomic E-state index is -0.607. The predicted molar refractivity (Wildman–Crippen MR) is 69.6 cm³/mol. The summed E-state index contributed by atoms with van der Waals surface area (Å²) in [6.45, 7) is 5.14. The first-order valence-electron chi connectivity index (χ1n) is 5.92. The Hall–Kier alpha value is -1.91. The standard InChI is InChI=1S/C14H18FNO3/c1-14(2,3)19-13(18)16(4)9-12(17)10-5-7-11(15)8-6-10/h5-8H,9H2,1-4H3. The van der Waals surface area contributed by atoms with Crippen LogP contribution < -0.4 is 0 Å². The van der Waals surface area contributed by atoms with Crippen molar-refractivity contribution < 1.29 is 18.7 Å². The molecule has 0 spiro atoms. The van der Waals surface area contributed by atoms with Crippen molar-refractivity contribution in [2.75, 3.05) is 13.6 Å². The summed E-state index contributed by atoms with van der Waals surface area (Å²) in [5.41, 5.74) is -0.249. The van der Waals surface area contributed by atoms with Gasteiger partial charge in [-0.2, -0.15) is 0 Å². The van der Waals surface area contributed by atoms with Gasteiger partial charge in [-0.1, -0.05) is 0 Å². The van der Waals surface area contributed by atoms with Gasteiger partial charge in [0.25, 0.3) is 0 Å². The van der Waals surface area contributed by atoms with E-state index in [0.29, 0.717) is 5.56 Å². The minimum Gasteiger partial charge on any atom is -0.444 e. The Labute approximate surface area is 112 Å². The smallest absolute Gasteiger partial charge is 0.410 e. The molecule has 0 aromatic heterocycles. The van der Waals surface area contributed by atoms with Crippen molar-refractivity contribution in [3.05, 3.63) is 35.6 Å². The number of amides is 1. The number of halogens is 1. The van der Waals surface area contributed by atoms with Crippen molar-refractivity contribution in [3.8, 4) is 0 Å². The van der Waals surface area contributed by atoms with Crippen molar-refractivity contribution in [3.63, 3.8) is 0 Å². The summed E-state index contributed by atoms with van der Waals surface area (Å²) in [4.78, 5) is 24.7. The number of ketones is 1. The van der Waals surface area contributed by atoms with E-state index in [4.69, 9.17) is 4.74 Å². The van der Waals surface area contributed by atoms with Gasteiger partial charge in [0.2, 0.25) is 0 Å². The number of hydrogen-bond donors (Lipinski definition) is 0. The number of carbonyl (C=O) groups is 2. The lowest BCUT2D eigenvalue weighted by atomic mass is 10.1. The predicted octanol–water partition coefficient (Wildman–Crippen LogP) is 2.88. The summed E-state index contributed by atoms with van der Waals surface area (Å²) in [6.07, 6.45) is -0.567. The Morgan fingerprint density at radius 1 is 1.21 bits per heavy atom. The van der Waals surface area contributed by atoms with Crippen LogP contribution >= 0.6 is 0 Å². The fourth-order valence-corrected chi connectivity index (χ4v) is 1.35. The number of hydrogen-bond acceptors (Lipinski definition) is 3. The number of Topliss-reactive ketones (excluding diaryl/α,β-unsaturated/α-hetero) is 1. The molecule has 0 bridgehead atoms. The normalized spacial score (nSPS) is 11.0. The highest BCUT2D eigenvalue weighted by Gasteiger charge is 2.21. The summed E-state index contributed by atoms with van der Waals surface area (Å²) in [5, 5.41) is 0. The Morgan fingerprint density at radius 2 is 1.74 bits per heavy atom. The van der Waals surface area contributed by atoms with Crippen LogP contribution in [0.4, 0.5) is 9.18 Å². The van der Waals surface area contributed by atoms with Crippen molar-refractivity contribution >= 4 is 11.9 Å². The lowest BCUT2D eigenvalue weighted by molar-refractivity contribution is 0.0294. The average molecular weight is 267 g/mol. The summed E-state index contributed by atoms with van der Waals surface area (Å²) in [6, 6.07) is 5.20. The van der Waals surface area contributed by atoms with Crippen LogP contribution in [-0.2, 0) is 4.74 Å². The van der Waals surface area contributed by atoms with E-state index < -0.39 is 17.5 Å². The molecule has 5 heteroatoms. The molecule has 4 nitrogen and oxygen atoms in total. The quantitative estimate of drug-likeness (QED) is 0.791. The molecule has 0 aliphatic heterocycles. The molecule has 1 amide bonds. The lowest BCUT2D eigenvalue weighted by Crippen LogP contribution is -2.37. The van der Waals surface area contributed by atoms with Crippen molar-refractivity contribution in [1.82, 2.24) is 4.90 Å². The molecular formula is C14H18FNO3. The molecule has 0 saturated heterocycles. The number of benzene rings is 1. The van der Waals surface area contributed by atoms with Gasteiger partial charge in [0.15, 0.2) is 5.78 Å². The molecule has 0 aliphatic rings. The van der Waals surface area contributed by atoms with Crippen molar-refractivity contribution in [2.24, 2.45) is 0 Å². The number of ether oxygens (including phenoxy) is 1. The van der Waals surface area contributed by atoms with Crippen molar-refractivity contribution in [2.45, 2.75) is 26.4 Å². The Bertz CT molecular complexity index is 463. The lowest BCUT2D eigenvalue weighted by Gasteiger charge is -2.24. The molecule has 0 saturated carbocycles. The maximum atomic E-state index is 12.7. The zero-order valence-electron chi connectivity index (χ0n) is 11.6. The first-order chi connectivity index (χ1) is 8.69. The molecule has 0 fully saturated rings. The number of carbonyl (C=O) groups excluding carboxylic acids is 2. The van der Waals surface area contributed by atoms with Crippen LogP contribution in [0.15, 0.2) is 24.3 Å². The monoisotopic (exact) mass is 267 g/mol. The van der Waals surface area contributed by atoms with Crippen LogP contribution in [0.25, 0.3) is 0 Å². The fraction of sp³-hybridized carbons (Fsp3) is 0.429. The second kappa shape index (κ2) is 5.82. The molecule has 1 aromatic rings. The van der Waals surface area contributed by atoms with Gasteiger partial charge in [-0.25, -0.2) is 9.18 Å². The van der Waals surface area contributed by atoms with E-state index in [9.17, 15) is 14.0 Å². The van der Waals surface area contributed by atoms with Crippen LogP contribution in [0.1, 0.15) is 31.1 Å². The zero-order chi connectivity index (χ0) is 14.6. The average Bonchev–Trinajstić information content (AvgIpc) is 2.27. The molecule has 0 radical (unpaired) electrons. The van der Waals surface area contributed by atoms with Gasteiger partial charge < -0.3 is 9.64 Å². The summed E-state index contributed by atoms with van der Waals surface area (Å²) >= 11 is 0. The molecule has 1 aromatic carbocycles. The molecule has 0 N–H and O–H groups in total. The van der Waals surface area contributed by atoms with Crippen LogP contribution in [0.5, 0.6) is 0 Å². The fourth-order valence-electron chi connectivity index (χ4n) is 1.35. The minimum absolute atomic E-state index is 0.111. The van der Waals surface area contributed by atoms with E-state index in [-0.39, 0.29) is 12.3 Å². The molecule has 0 unspecified atom stereocenters. The van der Waals surface area contributed by atoms with E-state index in [1.807, 2.05) is 0 Å². The number of rotatable bonds is 3. The molecule has 0 heterocycles. The Morgan fingerprint density at radius 3 is 2.21 bits per heavy atom. The maximum Gasteiger partial charge on any atom is 0.410 e. The molecule has 1 rings (SSSR count). The number of likely N-dealkylation sites (N-methyl/N-ethyl adjacent to an activating group) is 1. The second-order valence-electron chi connectivity index (χ2n) is 5.27. The highest BCUT2D eigenvalue weighted by molar-refractivity contribution is 5.98. The van der Waals surface area contributed by atoms with Crippen LogP contribution in [0, 0.1) is 5.82 Å². The molecule has 104 valence electrons. The molecular weight excluding hydrogens is 249 g/mol. The van der Waals surface area contributed by atoms with E-state index in [1.54, 1.807) is 20.8 Å². The van der Waals surface area contributed by atoms with E-state index in [2.05, 4.69) is 0 Å². The first kappa shape index (κ1) is 15.1. The van der Waals surface area contributed by atoms with E-state index in [1.165, 1.54) is 36.2 Å². The van der Waals surface area contributed by atoms with Crippen LogP contribution in [-0.4, -0.2) is 36.0 Å². The van der Waals surface area contributed by atoms with Gasteiger partial charge in [-0.15, -0.1) is 0 Å².